The highest BCUT2D eigenvalue weighted by Crippen LogP contribution is 2.32. The molecule has 0 saturated carbocycles. The number of aromatic nitrogens is 1. The van der Waals surface area contributed by atoms with Crippen molar-refractivity contribution in [1.29, 1.82) is 0 Å². The third-order valence-corrected chi connectivity index (χ3v) is 4.46. The Morgan fingerprint density at radius 1 is 1.30 bits per heavy atom. The highest BCUT2D eigenvalue weighted by Gasteiger charge is 2.23. The van der Waals surface area contributed by atoms with Gasteiger partial charge in [-0.25, -0.2) is 4.98 Å². The Balaban J connectivity index is 1.93. The van der Waals surface area contributed by atoms with Crippen LogP contribution < -0.4 is 4.90 Å². The fraction of sp³-hybridized carbons (Fsp3) is 0.312. The Hall–Kier alpha value is -1.25. The molecular formula is C16H16Cl2N2. The van der Waals surface area contributed by atoms with Crippen molar-refractivity contribution >= 4 is 28.9 Å². The highest BCUT2D eigenvalue weighted by atomic mass is 35.5. The average Bonchev–Trinajstić information content (AvgIpc) is 2.44. The molecule has 3 rings (SSSR count). The summed E-state index contributed by atoms with van der Waals surface area (Å²) in [7, 11) is 0. The molecule has 1 atom stereocenters. The van der Waals surface area contributed by atoms with E-state index in [2.05, 4.69) is 41.1 Å². The molecule has 0 saturated heterocycles. The van der Waals surface area contributed by atoms with E-state index in [1.54, 1.807) is 12.3 Å². The van der Waals surface area contributed by atoms with Crippen LogP contribution in [0.4, 0.5) is 5.69 Å². The number of para-hydroxylation sites is 1. The molecular weight excluding hydrogens is 291 g/mol. The number of aryl methyl sites for hydroxylation is 1. The summed E-state index contributed by atoms with van der Waals surface area (Å²) < 4.78 is 0. The van der Waals surface area contributed by atoms with Gasteiger partial charge in [0.2, 0.25) is 0 Å². The van der Waals surface area contributed by atoms with Gasteiger partial charge >= 0.3 is 0 Å². The number of hydrogen-bond acceptors (Lipinski definition) is 2. The lowest BCUT2D eigenvalue weighted by Crippen LogP contribution is -2.36. The molecule has 1 aliphatic rings. The summed E-state index contributed by atoms with van der Waals surface area (Å²) in [5, 5.41) is 1.12. The number of benzene rings is 1. The maximum absolute atomic E-state index is 6.27. The Kier molecular flexibility index (Phi) is 3.86. The highest BCUT2D eigenvalue weighted by molar-refractivity contribution is 6.34. The summed E-state index contributed by atoms with van der Waals surface area (Å²) in [6.45, 7) is 3.02. The van der Waals surface area contributed by atoms with Crippen LogP contribution in [0.5, 0.6) is 0 Å². The fourth-order valence-electron chi connectivity index (χ4n) is 2.74. The van der Waals surface area contributed by atoms with Crippen LogP contribution in [0.3, 0.4) is 0 Å². The molecule has 1 aliphatic heterocycles. The molecule has 20 heavy (non-hydrogen) atoms. The minimum atomic E-state index is 0.436. The van der Waals surface area contributed by atoms with E-state index in [0.717, 1.165) is 24.9 Å². The lowest BCUT2D eigenvalue weighted by atomic mass is 9.96. The Bertz CT molecular complexity index is 628. The first-order chi connectivity index (χ1) is 9.65. The number of fused-ring (bicyclic) bond motifs is 1. The molecule has 0 spiro atoms. The summed E-state index contributed by atoms with van der Waals surface area (Å²) in [4.78, 5) is 6.54. The number of halogens is 2. The molecule has 0 N–H and O–H groups in total. The van der Waals surface area contributed by atoms with E-state index in [-0.39, 0.29) is 0 Å². The Labute approximate surface area is 129 Å². The molecule has 1 aromatic heterocycles. The lowest BCUT2D eigenvalue weighted by molar-refractivity contribution is 0.560. The van der Waals surface area contributed by atoms with E-state index >= 15 is 0 Å². The van der Waals surface area contributed by atoms with E-state index in [1.165, 1.54) is 11.3 Å². The van der Waals surface area contributed by atoms with Crippen LogP contribution in [-0.4, -0.2) is 11.0 Å². The maximum atomic E-state index is 6.27. The molecule has 0 fully saturated rings. The molecule has 1 unspecified atom stereocenters. The fourth-order valence-corrected chi connectivity index (χ4v) is 3.16. The van der Waals surface area contributed by atoms with Crippen molar-refractivity contribution in [1.82, 2.24) is 4.98 Å². The van der Waals surface area contributed by atoms with Gasteiger partial charge in [-0.3, -0.25) is 0 Å². The van der Waals surface area contributed by atoms with Crippen LogP contribution in [0, 0.1) is 0 Å². The van der Waals surface area contributed by atoms with Crippen molar-refractivity contribution < 1.29 is 0 Å². The minimum Gasteiger partial charge on any atom is -0.364 e. The summed E-state index contributed by atoms with van der Waals surface area (Å²) in [5.41, 5.74) is 3.72. The molecule has 0 aliphatic carbocycles. The van der Waals surface area contributed by atoms with Gasteiger partial charge in [-0.15, -0.1) is 0 Å². The van der Waals surface area contributed by atoms with Gasteiger partial charge < -0.3 is 4.90 Å². The van der Waals surface area contributed by atoms with E-state index in [9.17, 15) is 0 Å². The summed E-state index contributed by atoms with van der Waals surface area (Å²) in [5.74, 6) is 0. The zero-order chi connectivity index (χ0) is 14.1. The largest absolute Gasteiger partial charge is 0.364 e. The SMILES string of the molecule is CC1CCc2ccccc2N1Cc1cnc(Cl)cc1Cl. The number of nitrogens with zero attached hydrogens (tertiary/aromatic N) is 2. The predicted molar refractivity (Wildman–Crippen MR) is 84.7 cm³/mol. The molecule has 1 aromatic carbocycles. The predicted octanol–water partition coefficient (Wildman–Crippen LogP) is 4.73. The van der Waals surface area contributed by atoms with E-state index in [4.69, 9.17) is 23.2 Å². The quantitative estimate of drug-likeness (QED) is 0.746. The Morgan fingerprint density at radius 2 is 2.10 bits per heavy atom. The lowest BCUT2D eigenvalue weighted by Gasteiger charge is -2.37. The van der Waals surface area contributed by atoms with Crippen molar-refractivity contribution in [3.8, 4) is 0 Å². The average molecular weight is 307 g/mol. The van der Waals surface area contributed by atoms with Gasteiger partial charge in [0, 0.05) is 30.0 Å². The molecule has 2 nitrogen and oxygen atoms in total. The first kappa shape index (κ1) is 13.7. The van der Waals surface area contributed by atoms with Gasteiger partial charge in [0.1, 0.15) is 5.15 Å². The number of anilines is 1. The zero-order valence-corrected chi connectivity index (χ0v) is 12.8. The normalized spacial score (nSPS) is 17.9. The third-order valence-electron chi connectivity index (χ3n) is 3.90. The van der Waals surface area contributed by atoms with E-state index in [1.807, 2.05) is 0 Å². The van der Waals surface area contributed by atoms with Gasteiger partial charge in [0.05, 0.1) is 5.02 Å². The molecule has 4 heteroatoms. The van der Waals surface area contributed by atoms with Gasteiger partial charge in [-0.2, -0.15) is 0 Å². The molecule has 2 aromatic rings. The van der Waals surface area contributed by atoms with Crippen molar-refractivity contribution in [2.24, 2.45) is 0 Å². The van der Waals surface area contributed by atoms with Gasteiger partial charge in [0.15, 0.2) is 0 Å². The van der Waals surface area contributed by atoms with Gasteiger partial charge in [0.25, 0.3) is 0 Å². The van der Waals surface area contributed by atoms with Crippen LogP contribution in [0.25, 0.3) is 0 Å². The van der Waals surface area contributed by atoms with Gasteiger partial charge in [-0.05, 0) is 37.5 Å². The Morgan fingerprint density at radius 3 is 2.90 bits per heavy atom. The topological polar surface area (TPSA) is 16.1 Å². The second-order valence-electron chi connectivity index (χ2n) is 5.24. The second kappa shape index (κ2) is 5.63. The standard InChI is InChI=1S/C16H16Cl2N2/c1-11-6-7-12-4-2-3-5-15(12)20(11)10-13-9-19-16(18)8-14(13)17/h2-5,8-9,11H,6-7,10H2,1H3. The molecule has 2 heterocycles. The molecule has 104 valence electrons. The number of pyridine rings is 1. The van der Waals surface area contributed by atoms with E-state index in [0.29, 0.717) is 16.2 Å². The number of rotatable bonds is 2. The smallest absolute Gasteiger partial charge is 0.130 e. The van der Waals surface area contributed by atoms with E-state index < -0.39 is 0 Å². The van der Waals surface area contributed by atoms with Crippen molar-refractivity contribution in [3.05, 3.63) is 57.8 Å². The molecule has 0 bridgehead atoms. The first-order valence-electron chi connectivity index (χ1n) is 6.79. The zero-order valence-electron chi connectivity index (χ0n) is 11.3. The second-order valence-corrected chi connectivity index (χ2v) is 6.04. The monoisotopic (exact) mass is 306 g/mol. The van der Waals surface area contributed by atoms with Crippen molar-refractivity contribution in [2.75, 3.05) is 4.90 Å². The summed E-state index contributed by atoms with van der Waals surface area (Å²) >= 11 is 12.1. The minimum absolute atomic E-state index is 0.436. The number of hydrogen-bond donors (Lipinski definition) is 0. The van der Waals surface area contributed by atoms with Crippen molar-refractivity contribution in [3.63, 3.8) is 0 Å². The molecule has 0 amide bonds. The van der Waals surface area contributed by atoms with Gasteiger partial charge in [-0.1, -0.05) is 41.4 Å². The summed E-state index contributed by atoms with van der Waals surface area (Å²) in [6, 6.07) is 10.8. The van der Waals surface area contributed by atoms with Crippen LogP contribution in [0.15, 0.2) is 36.5 Å². The summed E-state index contributed by atoms with van der Waals surface area (Å²) in [6.07, 6.45) is 4.07. The van der Waals surface area contributed by atoms with Crippen LogP contribution >= 0.6 is 23.2 Å². The maximum Gasteiger partial charge on any atom is 0.130 e. The third kappa shape index (κ3) is 2.63. The van der Waals surface area contributed by atoms with Crippen LogP contribution in [-0.2, 0) is 13.0 Å². The van der Waals surface area contributed by atoms with Crippen LogP contribution in [0.1, 0.15) is 24.5 Å². The first-order valence-corrected chi connectivity index (χ1v) is 7.55. The van der Waals surface area contributed by atoms with Crippen molar-refractivity contribution in [2.45, 2.75) is 32.4 Å². The van der Waals surface area contributed by atoms with Crippen LogP contribution in [0.2, 0.25) is 10.2 Å². The molecule has 0 radical (unpaired) electrons.